The lowest BCUT2D eigenvalue weighted by atomic mass is 10.0. The van der Waals surface area contributed by atoms with Crippen molar-refractivity contribution in [2.45, 2.75) is 33.2 Å². The molecule has 0 spiro atoms. The van der Waals surface area contributed by atoms with E-state index >= 15 is 0 Å². The highest BCUT2D eigenvalue weighted by Crippen LogP contribution is 2.23. The second kappa shape index (κ2) is 5.55. The third kappa shape index (κ3) is 3.39. The molecule has 20 heavy (non-hydrogen) atoms. The fourth-order valence-electron chi connectivity index (χ4n) is 2.49. The Balaban J connectivity index is 1.93. The van der Waals surface area contributed by atoms with Gasteiger partial charge in [0.15, 0.2) is 9.84 Å². The summed E-state index contributed by atoms with van der Waals surface area (Å²) in [6.45, 7) is 4.10. The van der Waals surface area contributed by atoms with Crippen LogP contribution in [0.2, 0.25) is 0 Å². The summed E-state index contributed by atoms with van der Waals surface area (Å²) in [5.41, 5.74) is 1.70. The Bertz CT molecular complexity index is 586. The zero-order valence-corrected chi connectivity index (χ0v) is 12.9. The zero-order valence-electron chi connectivity index (χ0n) is 12.0. The smallest absolute Gasteiger partial charge is 0.222 e. The topological polar surface area (TPSA) is 80.5 Å². The van der Waals surface area contributed by atoms with Crippen LogP contribution in [0.5, 0.6) is 0 Å². The zero-order chi connectivity index (χ0) is 14.9. The van der Waals surface area contributed by atoms with Crippen LogP contribution in [0.25, 0.3) is 0 Å². The van der Waals surface area contributed by atoms with Gasteiger partial charge in [0.05, 0.1) is 23.7 Å². The molecule has 1 aliphatic heterocycles. The first-order chi connectivity index (χ1) is 9.28. The number of aromatic nitrogens is 1. The predicted molar refractivity (Wildman–Crippen MR) is 73.8 cm³/mol. The molecule has 0 bridgehead atoms. The summed E-state index contributed by atoms with van der Waals surface area (Å²) in [6.07, 6.45) is 0.881. The maximum Gasteiger partial charge on any atom is 0.222 e. The van der Waals surface area contributed by atoms with E-state index in [9.17, 15) is 13.2 Å². The first kappa shape index (κ1) is 15.0. The Labute approximate surface area is 119 Å². The van der Waals surface area contributed by atoms with E-state index in [1.165, 1.54) is 0 Å². The normalized spacial score (nSPS) is 21.1. The van der Waals surface area contributed by atoms with Gasteiger partial charge in [-0.3, -0.25) is 4.79 Å². The van der Waals surface area contributed by atoms with Gasteiger partial charge < -0.3 is 9.42 Å². The lowest BCUT2D eigenvalue weighted by molar-refractivity contribution is -0.131. The molecule has 6 nitrogen and oxygen atoms in total. The summed E-state index contributed by atoms with van der Waals surface area (Å²) in [5, 5.41) is 3.86. The van der Waals surface area contributed by atoms with E-state index in [-0.39, 0.29) is 23.3 Å². The molecule has 1 aromatic rings. The van der Waals surface area contributed by atoms with Crippen molar-refractivity contribution in [3.05, 3.63) is 17.0 Å². The van der Waals surface area contributed by atoms with Crippen LogP contribution in [0, 0.1) is 19.8 Å². The van der Waals surface area contributed by atoms with Gasteiger partial charge in [0.2, 0.25) is 5.91 Å². The van der Waals surface area contributed by atoms with Crippen molar-refractivity contribution in [2.24, 2.45) is 5.92 Å². The standard InChI is InChI=1S/C13H20N2O4S/c1-9-12(10(2)19-14-9)7-15(3)13(16)6-11-4-5-20(17,18)8-11/h11H,4-8H2,1-3H3. The van der Waals surface area contributed by atoms with Gasteiger partial charge in [0, 0.05) is 19.0 Å². The highest BCUT2D eigenvalue weighted by molar-refractivity contribution is 7.91. The van der Waals surface area contributed by atoms with Crippen molar-refractivity contribution in [3.8, 4) is 0 Å². The second-order valence-electron chi connectivity index (χ2n) is 5.53. The Morgan fingerprint density at radius 2 is 2.15 bits per heavy atom. The number of rotatable bonds is 4. The number of sulfone groups is 1. The number of hydrogen-bond donors (Lipinski definition) is 0. The van der Waals surface area contributed by atoms with Crippen LogP contribution < -0.4 is 0 Å². The van der Waals surface area contributed by atoms with Crippen molar-refractivity contribution in [1.29, 1.82) is 0 Å². The molecule has 0 aromatic carbocycles. The maximum absolute atomic E-state index is 12.1. The van der Waals surface area contributed by atoms with E-state index in [4.69, 9.17) is 4.52 Å². The summed E-state index contributed by atoms with van der Waals surface area (Å²) in [7, 11) is -1.21. The van der Waals surface area contributed by atoms with Gasteiger partial charge in [-0.15, -0.1) is 0 Å². The van der Waals surface area contributed by atoms with Crippen LogP contribution in [0.15, 0.2) is 4.52 Å². The molecule has 0 radical (unpaired) electrons. The molecule has 112 valence electrons. The first-order valence-electron chi connectivity index (χ1n) is 6.64. The molecule has 1 aromatic heterocycles. The quantitative estimate of drug-likeness (QED) is 0.831. The fourth-order valence-corrected chi connectivity index (χ4v) is 4.35. The van der Waals surface area contributed by atoms with E-state index in [2.05, 4.69) is 5.16 Å². The van der Waals surface area contributed by atoms with Crippen LogP contribution in [0.4, 0.5) is 0 Å². The average molecular weight is 300 g/mol. The average Bonchev–Trinajstić information content (AvgIpc) is 2.85. The van der Waals surface area contributed by atoms with Crippen molar-refractivity contribution < 1.29 is 17.7 Å². The Kier molecular flexibility index (Phi) is 4.17. The van der Waals surface area contributed by atoms with E-state index in [0.29, 0.717) is 25.1 Å². The molecule has 0 N–H and O–H groups in total. The molecule has 1 amide bonds. The lowest BCUT2D eigenvalue weighted by Crippen LogP contribution is -2.28. The van der Waals surface area contributed by atoms with Gasteiger partial charge >= 0.3 is 0 Å². The third-order valence-corrected chi connectivity index (χ3v) is 5.63. The minimum Gasteiger partial charge on any atom is -0.361 e. The molecule has 0 aliphatic carbocycles. The van der Waals surface area contributed by atoms with Gasteiger partial charge in [-0.2, -0.15) is 0 Å². The molecule has 1 saturated heterocycles. The molecule has 2 rings (SSSR count). The number of aryl methyl sites for hydroxylation is 2. The molecule has 7 heteroatoms. The number of carbonyl (C=O) groups excluding carboxylic acids is 1. The van der Waals surface area contributed by atoms with Gasteiger partial charge in [-0.1, -0.05) is 5.16 Å². The van der Waals surface area contributed by atoms with Gasteiger partial charge in [0.25, 0.3) is 0 Å². The summed E-state index contributed by atoms with van der Waals surface area (Å²) < 4.78 is 27.9. The van der Waals surface area contributed by atoms with Crippen LogP contribution in [-0.2, 0) is 21.2 Å². The predicted octanol–water partition coefficient (Wildman–Crippen LogP) is 1.07. The van der Waals surface area contributed by atoms with Gasteiger partial charge in [-0.05, 0) is 26.2 Å². The summed E-state index contributed by atoms with van der Waals surface area (Å²) in [6, 6.07) is 0. The highest BCUT2D eigenvalue weighted by Gasteiger charge is 2.30. The number of nitrogens with zero attached hydrogens (tertiary/aromatic N) is 2. The van der Waals surface area contributed by atoms with Crippen LogP contribution in [0.1, 0.15) is 29.9 Å². The van der Waals surface area contributed by atoms with Gasteiger partial charge in [-0.25, -0.2) is 8.42 Å². The largest absolute Gasteiger partial charge is 0.361 e. The number of amides is 1. The molecular weight excluding hydrogens is 280 g/mol. The van der Waals surface area contributed by atoms with Crippen LogP contribution in [0.3, 0.4) is 0 Å². The minimum absolute atomic E-state index is 0.0351. The van der Waals surface area contributed by atoms with E-state index in [0.717, 1.165) is 11.3 Å². The lowest BCUT2D eigenvalue weighted by Gasteiger charge is -2.18. The third-order valence-electron chi connectivity index (χ3n) is 3.79. The summed E-state index contributed by atoms with van der Waals surface area (Å²) in [5.74, 6) is 0.980. The first-order valence-corrected chi connectivity index (χ1v) is 8.47. The van der Waals surface area contributed by atoms with Crippen molar-refractivity contribution >= 4 is 15.7 Å². The Morgan fingerprint density at radius 3 is 2.65 bits per heavy atom. The monoisotopic (exact) mass is 300 g/mol. The summed E-state index contributed by atoms with van der Waals surface area (Å²) in [4.78, 5) is 13.7. The molecule has 1 aliphatic rings. The molecular formula is C13H20N2O4S. The van der Waals surface area contributed by atoms with Crippen LogP contribution >= 0.6 is 0 Å². The minimum atomic E-state index is -2.93. The Hall–Kier alpha value is -1.37. The highest BCUT2D eigenvalue weighted by atomic mass is 32.2. The molecule has 1 atom stereocenters. The van der Waals surface area contributed by atoms with Crippen molar-refractivity contribution in [3.63, 3.8) is 0 Å². The maximum atomic E-state index is 12.1. The van der Waals surface area contributed by atoms with Crippen LogP contribution in [-0.4, -0.2) is 42.9 Å². The molecule has 2 heterocycles. The molecule has 1 fully saturated rings. The van der Waals surface area contributed by atoms with E-state index in [1.807, 2.05) is 13.8 Å². The van der Waals surface area contributed by atoms with Crippen molar-refractivity contribution in [2.75, 3.05) is 18.6 Å². The van der Waals surface area contributed by atoms with Gasteiger partial charge in [0.1, 0.15) is 5.76 Å². The molecule has 0 saturated carbocycles. The van der Waals surface area contributed by atoms with Crippen molar-refractivity contribution in [1.82, 2.24) is 10.1 Å². The SMILES string of the molecule is Cc1noc(C)c1CN(C)C(=O)CC1CCS(=O)(=O)C1. The Morgan fingerprint density at radius 1 is 1.45 bits per heavy atom. The van der Waals surface area contributed by atoms with E-state index < -0.39 is 9.84 Å². The fraction of sp³-hybridized carbons (Fsp3) is 0.692. The number of hydrogen-bond acceptors (Lipinski definition) is 5. The molecule has 1 unspecified atom stereocenters. The number of carbonyl (C=O) groups is 1. The second-order valence-corrected chi connectivity index (χ2v) is 7.75. The summed E-state index contributed by atoms with van der Waals surface area (Å²) >= 11 is 0. The van der Waals surface area contributed by atoms with E-state index in [1.54, 1.807) is 11.9 Å².